The van der Waals surface area contributed by atoms with Crippen molar-refractivity contribution in [2.24, 2.45) is 0 Å². The highest BCUT2D eigenvalue weighted by molar-refractivity contribution is 5.48. The van der Waals surface area contributed by atoms with Crippen LogP contribution in [0.25, 0.3) is 0 Å². The van der Waals surface area contributed by atoms with Crippen molar-refractivity contribution in [2.75, 3.05) is 0 Å². The zero-order valence-electron chi connectivity index (χ0n) is 13.6. The second kappa shape index (κ2) is 7.65. The van der Waals surface area contributed by atoms with Crippen LogP contribution in [-0.4, -0.2) is 0 Å². The Morgan fingerprint density at radius 3 is 2.08 bits per heavy atom. The molecule has 0 radical (unpaired) electrons. The molecule has 3 rings (SSSR count). The molecule has 1 fully saturated rings. The molecule has 0 spiro atoms. The Hall–Kier alpha value is -3.09. The van der Waals surface area contributed by atoms with Crippen LogP contribution >= 0.6 is 0 Å². The van der Waals surface area contributed by atoms with E-state index >= 15 is 0 Å². The monoisotopic (exact) mass is 331 g/mol. The minimum atomic E-state index is -0.780. The number of nitrogens with zero attached hydrogens (tertiary/aromatic N) is 1. The quantitative estimate of drug-likeness (QED) is 0.682. The van der Waals surface area contributed by atoms with E-state index in [1.807, 2.05) is 24.3 Å². The van der Waals surface area contributed by atoms with Crippen LogP contribution in [0.15, 0.2) is 36.4 Å². The molecule has 2 aromatic carbocycles. The van der Waals surface area contributed by atoms with Crippen molar-refractivity contribution in [3.05, 3.63) is 70.3 Å². The molecule has 2 aromatic rings. The van der Waals surface area contributed by atoms with E-state index in [-0.39, 0.29) is 11.1 Å². The van der Waals surface area contributed by atoms with E-state index in [1.54, 1.807) is 6.07 Å². The van der Waals surface area contributed by atoms with Crippen molar-refractivity contribution in [1.29, 1.82) is 5.26 Å². The summed E-state index contributed by atoms with van der Waals surface area (Å²) in [5, 5.41) is 8.39. The standard InChI is InChI=1S/C22H15F2N/c23-21-14-17(4-3-13-25)15-22(24)20(21)12-9-16-7-10-19(11-8-16)18-5-1-2-6-18/h7-8,10-11,14-15,18H,1-2,5-6H2. The fourth-order valence-corrected chi connectivity index (χ4v) is 3.10. The van der Waals surface area contributed by atoms with Crippen LogP contribution in [-0.2, 0) is 0 Å². The second-order valence-corrected chi connectivity index (χ2v) is 6.03. The molecule has 0 amide bonds. The van der Waals surface area contributed by atoms with E-state index in [0.29, 0.717) is 11.5 Å². The van der Waals surface area contributed by atoms with Gasteiger partial charge in [-0.15, -0.1) is 0 Å². The van der Waals surface area contributed by atoms with Gasteiger partial charge in [0.2, 0.25) is 0 Å². The van der Waals surface area contributed by atoms with E-state index in [9.17, 15) is 8.78 Å². The Morgan fingerprint density at radius 2 is 1.48 bits per heavy atom. The molecule has 25 heavy (non-hydrogen) atoms. The maximum Gasteiger partial charge on any atom is 0.152 e. The molecule has 1 nitrogen and oxygen atoms in total. The highest BCUT2D eigenvalue weighted by atomic mass is 19.1. The smallest absolute Gasteiger partial charge is 0.152 e. The minimum absolute atomic E-state index is 0.114. The Bertz CT molecular complexity index is 915. The van der Waals surface area contributed by atoms with Gasteiger partial charge >= 0.3 is 0 Å². The molecule has 0 N–H and O–H groups in total. The summed E-state index contributed by atoms with van der Waals surface area (Å²) in [6, 6.07) is 11.7. The van der Waals surface area contributed by atoms with Gasteiger partial charge in [0.15, 0.2) is 6.07 Å². The third-order valence-electron chi connectivity index (χ3n) is 4.37. The van der Waals surface area contributed by atoms with E-state index in [2.05, 4.69) is 23.7 Å². The fraction of sp³-hybridized carbons (Fsp3) is 0.227. The first-order chi connectivity index (χ1) is 12.2. The Balaban J connectivity index is 1.82. The van der Waals surface area contributed by atoms with E-state index < -0.39 is 11.6 Å². The Labute approximate surface area is 146 Å². The van der Waals surface area contributed by atoms with Crippen molar-refractivity contribution in [1.82, 2.24) is 0 Å². The van der Waals surface area contributed by atoms with Gasteiger partial charge in [0.25, 0.3) is 0 Å². The maximum atomic E-state index is 14.0. The molecule has 3 heteroatoms. The molecular formula is C22H15F2N. The van der Waals surface area contributed by atoms with Gasteiger partial charge in [-0.3, -0.25) is 0 Å². The van der Waals surface area contributed by atoms with Crippen molar-refractivity contribution < 1.29 is 8.78 Å². The van der Waals surface area contributed by atoms with Gasteiger partial charge < -0.3 is 0 Å². The average Bonchev–Trinajstić information content (AvgIpc) is 3.14. The first kappa shape index (κ1) is 16.8. The van der Waals surface area contributed by atoms with E-state index in [0.717, 1.165) is 12.1 Å². The van der Waals surface area contributed by atoms with Gasteiger partial charge in [0.05, 0.1) is 5.56 Å². The van der Waals surface area contributed by atoms with Gasteiger partial charge in [-0.2, -0.15) is 5.26 Å². The first-order valence-electron chi connectivity index (χ1n) is 8.18. The summed E-state index contributed by atoms with van der Waals surface area (Å²) < 4.78 is 28.0. The van der Waals surface area contributed by atoms with Crippen molar-refractivity contribution in [3.8, 4) is 29.8 Å². The molecular weight excluding hydrogens is 316 g/mol. The Morgan fingerprint density at radius 1 is 0.840 bits per heavy atom. The van der Waals surface area contributed by atoms with Crippen LogP contribution in [0.4, 0.5) is 8.78 Å². The zero-order valence-corrected chi connectivity index (χ0v) is 13.6. The van der Waals surface area contributed by atoms with Crippen molar-refractivity contribution in [3.63, 3.8) is 0 Å². The lowest BCUT2D eigenvalue weighted by molar-refractivity contribution is 0.577. The summed E-state index contributed by atoms with van der Waals surface area (Å²) in [5.74, 6) is 8.91. The lowest BCUT2D eigenvalue weighted by atomic mass is 9.97. The lowest BCUT2D eigenvalue weighted by Crippen LogP contribution is -1.93. The molecule has 0 heterocycles. The highest BCUT2D eigenvalue weighted by Gasteiger charge is 2.16. The van der Waals surface area contributed by atoms with E-state index in [4.69, 9.17) is 5.26 Å². The molecule has 0 aliphatic heterocycles. The topological polar surface area (TPSA) is 23.8 Å². The number of hydrogen-bond donors (Lipinski definition) is 0. The van der Waals surface area contributed by atoms with Crippen LogP contribution in [0, 0.1) is 46.6 Å². The normalized spacial score (nSPS) is 13.3. The number of hydrogen-bond acceptors (Lipinski definition) is 1. The van der Waals surface area contributed by atoms with Crippen molar-refractivity contribution >= 4 is 0 Å². The highest BCUT2D eigenvalue weighted by Crippen LogP contribution is 2.33. The third-order valence-corrected chi connectivity index (χ3v) is 4.37. The molecule has 1 aliphatic rings. The molecule has 0 atom stereocenters. The van der Waals surface area contributed by atoms with Gasteiger partial charge in [-0.05, 0) is 48.6 Å². The van der Waals surface area contributed by atoms with Gasteiger partial charge in [-0.25, -0.2) is 8.78 Å². The van der Waals surface area contributed by atoms with Gasteiger partial charge in [-0.1, -0.05) is 42.7 Å². The molecule has 1 saturated carbocycles. The van der Waals surface area contributed by atoms with Crippen molar-refractivity contribution in [2.45, 2.75) is 31.6 Å². The predicted molar refractivity (Wildman–Crippen MR) is 92.5 cm³/mol. The lowest BCUT2D eigenvalue weighted by Gasteiger charge is -2.08. The summed E-state index contributed by atoms with van der Waals surface area (Å²) in [6.07, 6.45) is 5.00. The Kier molecular flexibility index (Phi) is 5.13. The summed E-state index contributed by atoms with van der Waals surface area (Å²) >= 11 is 0. The second-order valence-electron chi connectivity index (χ2n) is 6.03. The van der Waals surface area contributed by atoms with Crippen LogP contribution in [0.2, 0.25) is 0 Å². The largest absolute Gasteiger partial charge is 0.205 e. The molecule has 0 aromatic heterocycles. The molecule has 0 unspecified atom stereocenters. The van der Waals surface area contributed by atoms with Crippen LogP contribution in [0.1, 0.15) is 53.9 Å². The van der Waals surface area contributed by atoms with Crippen LogP contribution < -0.4 is 0 Å². The van der Waals surface area contributed by atoms with Gasteiger partial charge in [0.1, 0.15) is 11.6 Å². The number of nitriles is 1. The molecule has 0 saturated heterocycles. The summed E-state index contributed by atoms with van der Waals surface area (Å²) in [6.45, 7) is 0. The number of rotatable bonds is 1. The molecule has 1 aliphatic carbocycles. The van der Waals surface area contributed by atoms with Crippen LogP contribution in [0.5, 0.6) is 0 Å². The van der Waals surface area contributed by atoms with Crippen LogP contribution in [0.3, 0.4) is 0 Å². The van der Waals surface area contributed by atoms with Gasteiger partial charge in [0, 0.05) is 17.0 Å². The summed E-state index contributed by atoms with van der Waals surface area (Å²) in [7, 11) is 0. The molecule has 122 valence electrons. The van der Waals surface area contributed by atoms with E-state index in [1.165, 1.54) is 31.2 Å². The molecule has 0 bridgehead atoms. The average molecular weight is 331 g/mol. The minimum Gasteiger partial charge on any atom is -0.205 e. The fourth-order valence-electron chi connectivity index (χ4n) is 3.10. The third kappa shape index (κ3) is 4.06. The summed E-state index contributed by atoms with van der Waals surface area (Å²) in [4.78, 5) is 0. The number of halogens is 2. The first-order valence-corrected chi connectivity index (χ1v) is 8.18. The zero-order chi connectivity index (χ0) is 17.6. The number of benzene rings is 2. The SMILES string of the molecule is N#CC#Cc1cc(F)c(C#Cc2ccc(C3CCCC3)cc2)c(F)c1. The summed E-state index contributed by atoms with van der Waals surface area (Å²) in [5.41, 5.74) is 1.85. The maximum absolute atomic E-state index is 14.0. The predicted octanol–water partition coefficient (Wildman–Crippen LogP) is 4.90.